The molecule has 2 aromatic rings. The maximum atomic E-state index is 9.82. The summed E-state index contributed by atoms with van der Waals surface area (Å²) in [5.74, 6) is 2.51. The number of ether oxygens (including phenoxy) is 5. The van der Waals surface area contributed by atoms with E-state index in [1.807, 2.05) is 32.0 Å². The topological polar surface area (TPSA) is 96.0 Å². The van der Waals surface area contributed by atoms with Crippen LogP contribution < -0.4 is 29.4 Å². The Balaban J connectivity index is 1.91. The average molecular weight is 459 g/mol. The minimum atomic E-state index is -0.470. The molecule has 29 heavy (non-hydrogen) atoms. The summed E-state index contributed by atoms with van der Waals surface area (Å²) in [6, 6.07) is 9.47. The van der Waals surface area contributed by atoms with Crippen LogP contribution in [0.1, 0.15) is 30.9 Å². The molecule has 0 spiro atoms. The van der Waals surface area contributed by atoms with Crippen LogP contribution in [-0.2, 0) is 0 Å². The summed E-state index contributed by atoms with van der Waals surface area (Å²) in [5, 5.41) is 9.82. The van der Waals surface area contributed by atoms with Crippen LogP contribution in [0.2, 0.25) is 0 Å². The third kappa shape index (κ3) is 3.32. The van der Waals surface area contributed by atoms with Gasteiger partial charge in [-0.1, -0.05) is 15.9 Å². The molecule has 2 N–H and O–H groups in total. The smallest absolute Gasteiger partial charge is 0.231 e. The quantitative estimate of drug-likeness (QED) is 0.716. The zero-order valence-corrected chi connectivity index (χ0v) is 17.5. The second-order valence-corrected chi connectivity index (χ2v) is 7.21. The molecular formula is C21H19BrN2O5. The van der Waals surface area contributed by atoms with E-state index < -0.39 is 5.92 Å². The summed E-state index contributed by atoms with van der Waals surface area (Å²) in [5.41, 5.74) is 7.96. The van der Waals surface area contributed by atoms with Crippen molar-refractivity contribution in [1.29, 1.82) is 5.26 Å². The molecule has 2 heterocycles. The fraction of sp³-hybridized carbons (Fsp3) is 0.286. The Labute approximate surface area is 176 Å². The molecule has 2 aliphatic rings. The Hall–Kier alpha value is -3.05. The van der Waals surface area contributed by atoms with Gasteiger partial charge in [0, 0.05) is 16.1 Å². The summed E-state index contributed by atoms with van der Waals surface area (Å²) in [4.78, 5) is 0. The molecule has 2 aromatic carbocycles. The van der Waals surface area contributed by atoms with Crippen LogP contribution >= 0.6 is 15.9 Å². The van der Waals surface area contributed by atoms with E-state index in [0.717, 1.165) is 15.6 Å². The molecule has 150 valence electrons. The van der Waals surface area contributed by atoms with E-state index in [0.29, 0.717) is 47.5 Å². The van der Waals surface area contributed by atoms with E-state index in [1.54, 1.807) is 6.07 Å². The van der Waals surface area contributed by atoms with Crippen LogP contribution in [0.5, 0.6) is 28.7 Å². The fourth-order valence-electron chi connectivity index (χ4n) is 3.48. The molecule has 0 saturated carbocycles. The average Bonchev–Trinajstić information content (AvgIpc) is 3.15. The zero-order chi connectivity index (χ0) is 20.5. The lowest BCUT2D eigenvalue weighted by Crippen LogP contribution is -2.21. The third-order valence-electron chi connectivity index (χ3n) is 4.68. The molecule has 8 heteroatoms. The van der Waals surface area contributed by atoms with Crippen molar-refractivity contribution in [3.05, 3.63) is 51.3 Å². The number of rotatable bonds is 5. The predicted octanol–water partition coefficient (Wildman–Crippen LogP) is 4.19. The van der Waals surface area contributed by atoms with Gasteiger partial charge < -0.3 is 29.4 Å². The Kier molecular flexibility index (Phi) is 5.16. The van der Waals surface area contributed by atoms with Crippen molar-refractivity contribution in [2.24, 2.45) is 5.73 Å². The first kappa shape index (κ1) is 19.3. The number of nitrogens with zero attached hydrogens (tertiary/aromatic N) is 1. The Morgan fingerprint density at radius 1 is 1.03 bits per heavy atom. The van der Waals surface area contributed by atoms with Gasteiger partial charge in [-0.3, -0.25) is 0 Å². The minimum Gasteiger partial charge on any atom is -0.490 e. The number of nitriles is 1. The number of benzene rings is 2. The molecule has 7 nitrogen and oxygen atoms in total. The summed E-state index contributed by atoms with van der Waals surface area (Å²) >= 11 is 3.62. The maximum absolute atomic E-state index is 9.82. The summed E-state index contributed by atoms with van der Waals surface area (Å²) in [6.45, 7) is 4.93. The first-order valence-corrected chi connectivity index (χ1v) is 9.96. The summed E-state index contributed by atoms with van der Waals surface area (Å²) in [7, 11) is 0. The lowest BCUT2D eigenvalue weighted by molar-refractivity contribution is 0.174. The van der Waals surface area contributed by atoms with Crippen LogP contribution in [0.4, 0.5) is 0 Å². The van der Waals surface area contributed by atoms with E-state index in [4.69, 9.17) is 29.4 Å². The normalized spacial score (nSPS) is 16.7. The molecule has 1 unspecified atom stereocenters. The molecule has 1 atom stereocenters. The zero-order valence-electron chi connectivity index (χ0n) is 16.0. The van der Waals surface area contributed by atoms with Gasteiger partial charge in [-0.2, -0.15) is 5.26 Å². The van der Waals surface area contributed by atoms with E-state index in [2.05, 4.69) is 22.0 Å². The third-order valence-corrected chi connectivity index (χ3v) is 5.37. The first-order valence-electron chi connectivity index (χ1n) is 9.17. The summed E-state index contributed by atoms with van der Waals surface area (Å²) < 4.78 is 28.9. The van der Waals surface area contributed by atoms with Gasteiger partial charge in [-0.15, -0.1) is 0 Å². The van der Waals surface area contributed by atoms with E-state index in [-0.39, 0.29) is 12.7 Å². The van der Waals surface area contributed by atoms with Gasteiger partial charge in [0.15, 0.2) is 23.0 Å². The van der Waals surface area contributed by atoms with Gasteiger partial charge >= 0.3 is 0 Å². The van der Waals surface area contributed by atoms with Crippen molar-refractivity contribution in [2.45, 2.75) is 19.8 Å². The number of hydrogen-bond acceptors (Lipinski definition) is 7. The number of hydrogen-bond donors (Lipinski definition) is 1. The molecule has 0 aliphatic carbocycles. The predicted molar refractivity (Wildman–Crippen MR) is 108 cm³/mol. The molecule has 0 fully saturated rings. The second-order valence-electron chi connectivity index (χ2n) is 6.35. The van der Waals surface area contributed by atoms with Crippen molar-refractivity contribution in [1.82, 2.24) is 0 Å². The van der Waals surface area contributed by atoms with Gasteiger partial charge in [-0.05, 0) is 37.6 Å². The van der Waals surface area contributed by atoms with Gasteiger partial charge in [0.05, 0.1) is 19.1 Å². The highest BCUT2D eigenvalue weighted by molar-refractivity contribution is 9.10. The fourth-order valence-corrected chi connectivity index (χ4v) is 4.03. The Morgan fingerprint density at radius 2 is 1.69 bits per heavy atom. The standard InChI is InChI=1S/C21H19BrN2O5/c1-3-25-16-5-11(14(22)7-18(16)26-4-2)20-12-6-17-19(28-10-27-17)8-15(12)29-21(24)13(20)9-23/h5-8,20H,3-4,10,24H2,1-2H3. The van der Waals surface area contributed by atoms with Crippen molar-refractivity contribution in [3.8, 4) is 34.8 Å². The summed E-state index contributed by atoms with van der Waals surface area (Å²) in [6.07, 6.45) is 0. The molecule has 0 aromatic heterocycles. The van der Waals surface area contributed by atoms with Crippen molar-refractivity contribution < 1.29 is 23.7 Å². The highest BCUT2D eigenvalue weighted by Crippen LogP contribution is 2.50. The molecule has 0 saturated heterocycles. The van der Waals surface area contributed by atoms with Crippen LogP contribution in [0.25, 0.3) is 0 Å². The monoisotopic (exact) mass is 458 g/mol. The number of allylic oxidation sites excluding steroid dienone is 1. The number of halogens is 1. The van der Waals surface area contributed by atoms with Crippen molar-refractivity contribution >= 4 is 15.9 Å². The number of fused-ring (bicyclic) bond motifs is 2. The Morgan fingerprint density at radius 3 is 2.34 bits per heavy atom. The molecule has 0 amide bonds. The molecular weight excluding hydrogens is 440 g/mol. The van der Waals surface area contributed by atoms with Crippen LogP contribution in [0.3, 0.4) is 0 Å². The van der Waals surface area contributed by atoms with Gasteiger partial charge in [0.2, 0.25) is 12.7 Å². The van der Waals surface area contributed by atoms with Gasteiger partial charge in [-0.25, -0.2) is 0 Å². The highest BCUT2D eigenvalue weighted by Gasteiger charge is 2.35. The van der Waals surface area contributed by atoms with E-state index >= 15 is 0 Å². The lowest BCUT2D eigenvalue weighted by atomic mass is 9.83. The van der Waals surface area contributed by atoms with E-state index in [9.17, 15) is 5.26 Å². The SMILES string of the molecule is CCOc1cc(Br)c(C2C(C#N)=C(N)Oc3cc4c(cc32)OCO4)cc1OCC. The highest BCUT2D eigenvalue weighted by atomic mass is 79.9. The number of nitrogens with two attached hydrogens (primary N) is 1. The molecule has 0 radical (unpaired) electrons. The maximum Gasteiger partial charge on any atom is 0.231 e. The second kappa shape index (κ2) is 7.76. The Bertz CT molecular complexity index is 1040. The van der Waals surface area contributed by atoms with Crippen LogP contribution in [-0.4, -0.2) is 20.0 Å². The van der Waals surface area contributed by atoms with Crippen molar-refractivity contribution in [2.75, 3.05) is 20.0 Å². The minimum absolute atomic E-state index is 0.0580. The lowest BCUT2D eigenvalue weighted by Gasteiger charge is -2.28. The largest absolute Gasteiger partial charge is 0.490 e. The van der Waals surface area contributed by atoms with Crippen LogP contribution in [0, 0.1) is 11.3 Å². The molecule has 2 aliphatic heterocycles. The van der Waals surface area contributed by atoms with E-state index in [1.165, 1.54) is 0 Å². The molecule has 0 bridgehead atoms. The van der Waals surface area contributed by atoms with Gasteiger partial charge in [0.1, 0.15) is 17.4 Å². The van der Waals surface area contributed by atoms with Crippen LogP contribution in [0.15, 0.2) is 40.2 Å². The molecule has 4 rings (SSSR count). The van der Waals surface area contributed by atoms with Crippen molar-refractivity contribution in [3.63, 3.8) is 0 Å². The first-order chi connectivity index (χ1) is 14.1. The van der Waals surface area contributed by atoms with Gasteiger partial charge in [0.25, 0.3) is 0 Å².